The van der Waals surface area contributed by atoms with Crippen molar-refractivity contribution in [3.63, 3.8) is 0 Å². The maximum absolute atomic E-state index is 8.58. The summed E-state index contributed by atoms with van der Waals surface area (Å²) in [6, 6.07) is 0. The van der Waals surface area contributed by atoms with Gasteiger partial charge in [-0.1, -0.05) is 0 Å². The maximum Gasteiger partial charge on any atom is 2.00 e. The first-order valence-electron chi connectivity index (χ1n) is 3.06. The minimum Gasteiger partial charge on any atom is 2.00 e. The standard InChI is InChI=1S/2Bi.15O.2Sr.5Ti/q2*+3;;;;;;10*-1;2*+2;;;;;. The van der Waals surface area contributed by atoms with Crippen LogP contribution in [-0.2, 0) is 110 Å². The predicted octanol–water partition coefficient (Wildman–Crippen LogP) is -14.0. The minimum atomic E-state index is -4.08. The van der Waals surface area contributed by atoms with Gasteiger partial charge in [-0.15, -0.1) is 0 Å². The molecule has 0 aromatic carbocycles. The molecule has 0 amide bonds. The number of rotatable bonds is 0. The van der Waals surface area contributed by atoms with Gasteiger partial charge in [0.2, 0.25) is 0 Å². The molecule has 0 aliphatic heterocycles. The Morgan fingerprint density at radius 3 is 0.333 bits per heavy atom. The van der Waals surface area contributed by atoms with Gasteiger partial charge in [0.1, 0.15) is 0 Å². The molecule has 0 aliphatic rings. The van der Waals surface area contributed by atoms with E-state index in [1.54, 1.807) is 0 Å². The molecule has 124 valence electrons. The first-order chi connectivity index (χ1) is 8.66. The summed E-state index contributed by atoms with van der Waals surface area (Å²) in [6.07, 6.45) is 0. The minimum absolute atomic E-state index is 0. The Hall–Kier alpha value is 6.90. The molecule has 24 heavy (non-hydrogen) atoms. The molecule has 0 N–H and O–H groups in total. The van der Waals surface area contributed by atoms with E-state index >= 15 is 0 Å². The molecule has 0 saturated carbocycles. The van der Waals surface area contributed by atoms with Gasteiger partial charge in [0.05, 0.1) is 0 Å². The molecule has 24 heteroatoms. The van der Waals surface area contributed by atoms with E-state index in [0.29, 0.717) is 0 Å². The number of hydrogen-bond donors (Lipinski definition) is 0. The van der Waals surface area contributed by atoms with Crippen LogP contribution in [0.5, 0.6) is 0 Å². The number of hydrogen-bond acceptors (Lipinski definition) is 15. The molecule has 0 aromatic heterocycles. The second kappa shape index (κ2) is 52.1. The molecule has 0 aromatic rings. The molecular formula is Bi2O15Sr2Ti5. The van der Waals surface area contributed by atoms with Crippen LogP contribution in [0.25, 0.3) is 0 Å². The van der Waals surface area contributed by atoms with Gasteiger partial charge >= 0.3 is 290 Å². The molecule has 0 saturated heterocycles. The van der Waals surface area contributed by atoms with Crippen molar-refractivity contribution in [2.75, 3.05) is 0 Å². The molecular weight excluding hydrogens is 1070 g/mol. The van der Waals surface area contributed by atoms with Crippen molar-refractivity contribution < 1.29 is 147 Å². The predicted molar refractivity (Wildman–Crippen MR) is 26.4 cm³/mol. The first kappa shape index (κ1) is 57.6. The molecule has 4 radical (unpaired) electrons. The summed E-state index contributed by atoms with van der Waals surface area (Å²) in [4.78, 5) is 0. The van der Waals surface area contributed by atoms with Crippen LogP contribution in [0.3, 0.4) is 0 Å². The van der Waals surface area contributed by atoms with Crippen molar-refractivity contribution in [3.8, 4) is 0 Å². The topological polar surface area (TPSA) is 316 Å². The summed E-state index contributed by atoms with van der Waals surface area (Å²) in [7, 11) is 0. The Balaban J connectivity index is -0.0000000161. The van der Waals surface area contributed by atoms with E-state index < -0.39 is 93.1 Å². The van der Waals surface area contributed by atoms with Gasteiger partial charge in [-0.2, -0.15) is 0 Å². The molecule has 0 fully saturated rings. The molecule has 0 heterocycles. The van der Waals surface area contributed by atoms with E-state index in [-0.39, 0.29) is 143 Å². The van der Waals surface area contributed by atoms with E-state index in [2.05, 4.69) is 0 Å². The monoisotopic (exact) mass is 1070 g/mol. The Morgan fingerprint density at radius 1 is 0.333 bits per heavy atom. The summed E-state index contributed by atoms with van der Waals surface area (Å²) in [5.74, 6) is 0. The molecule has 0 bridgehead atoms. The average Bonchev–Trinajstić information content (AvgIpc) is 1.94. The maximum atomic E-state index is 8.58. The fourth-order valence-corrected chi connectivity index (χ4v) is 0. The van der Waals surface area contributed by atoms with Crippen molar-refractivity contribution in [2.45, 2.75) is 0 Å². The van der Waals surface area contributed by atoms with Gasteiger partial charge in [0.15, 0.2) is 0 Å². The third-order valence-electron chi connectivity index (χ3n) is 0. The average molecular weight is 1070 g/mol. The summed E-state index contributed by atoms with van der Waals surface area (Å²) in [6.45, 7) is 0. The zero-order chi connectivity index (χ0) is 17.9. The van der Waals surface area contributed by atoms with E-state index in [4.69, 9.17) is 53.5 Å². The van der Waals surface area contributed by atoms with Crippen LogP contribution in [0.1, 0.15) is 0 Å². The van der Waals surface area contributed by atoms with Crippen molar-refractivity contribution in [1.29, 1.82) is 0 Å². The van der Waals surface area contributed by atoms with Crippen LogP contribution in [-0.4, -0.2) is 143 Å². The zero-order valence-electron chi connectivity index (χ0n) is 10.9. The third kappa shape index (κ3) is 473. The van der Waals surface area contributed by atoms with Gasteiger partial charge < -0.3 is 0 Å². The quantitative estimate of drug-likeness (QED) is 0.204. The van der Waals surface area contributed by atoms with Crippen LogP contribution in [0.2, 0.25) is 0 Å². The molecule has 0 atom stereocenters. The van der Waals surface area contributed by atoms with Crippen LogP contribution in [0.15, 0.2) is 0 Å². The van der Waals surface area contributed by atoms with Crippen LogP contribution >= 0.6 is 0 Å². The summed E-state index contributed by atoms with van der Waals surface area (Å²) < 4.78 is 129. The van der Waals surface area contributed by atoms with Crippen molar-refractivity contribution in [3.05, 3.63) is 0 Å². The fourth-order valence-electron chi connectivity index (χ4n) is 0. The molecule has 0 aliphatic carbocycles. The van der Waals surface area contributed by atoms with Gasteiger partial charge in [0.25, 0.3) is 0 Å². The van der Waals surface area contributed by atoms with Crippen molar-refractivity contribution in [2.24, 2.45) is 0 Å². The Kier molecular flexibility index (Phi) is 125. The van der Waals surface area contributed by atoms with E-state index in [9.17, 15) is 0 Å². The SMILES string of the molecule is [Bi+3].[Bi+3].[O]=[Ti]([O-])[O-].[O]=[Ti]([O-])[O-].[O]=[Ti]([O-])[O-].[O]=[Ti]([O-])[O-].[O]=[Ti]([O-])[O-].[Sr+2].[Sr+2]. The fraction of sp³-hybridized carbons (Fsp3) is 0. The molecule has 0 rings (SSSR count). The first-order valence-corrected chi connectivity index (χ1v) is 12.6. The van der Waals surface area contributed by atoms with Gasteiger partial charge in [0, 0.05) is 0 Å². The molecule has 0 unspecified atom stereocenters. The summed E-state index contributed by atoms with van der Waals surface area (Å²) in [5, 5.41) is 0. The normalized spacial score (nSPS) is 5.42. The Bertz CT molecular complexity index is 221. The van der Waals surface area contributed by atoms with Crippen LogP contribution in [0, 0.1) is 0 Å². The zero-order valence-corrected chi connectivity index (χ0v) is 32.6. The summed E-state index contributed by atoms with van der Waals surface area (Å²) in [5.41, 5.74) is 0. The van der Waals surface area contributed by atoms with Gasteiger partial charge in [-0.3, -0.25) is 0 Å². The third-order valence-corrected chi connectivity index (χ3v) is 0. The smallest absolute Gasteiger partial charge is 2.00 e. The van der Waals surface area contributed by atoms with Crippen molar-refractivity contribution >= 4 is 143 Å². The molecule has 0 spiro atoms. The van der Waals surface area contributed by atoms with Crippen LogP contribution in [0.4, 0.5) is 0 Å². The van der Waals surface area contributed by atoms with Crippen LogP contribution < -0.4 is 36.9 Å². The summed E-state index contributed by atoms with van der Waals surface area (Å²) >= 11 is -20.4. The van der Waals surface area contributed by atoms with E-state index in [1.807, 2.05) is 0 Å². The second-order valence-electron chi connectivity index (χ2n) is 1.25. The van der Waals surface area contributed by atoms with E-state index in [1.165, 1.54) is 0 Å². The van der Waals surface area contributed by atoms with Crippen molar-refractivity contribution in [1.82, 2.24) is 0 Å². The molecule has 15 nitrogen and oxygen atoms in total. The second-order valence-corrected chi connectivity index (χ2v) is 5.15. The Labute approximate surface area is 282 Å². The van der Waals surface area contributed by atoms with Gasteiger partial charge in [-0.05, 0) is 0 Å². The Morgan fingerprint density at radius 2 is 0.333 bits per heavy atom. The van der Waals surface area contributed by atoms with E-state index in [0.717, 1.165) is 0 Å². The largest absolute Gasteiger partial charge is 2.00 e. The van der Waals surface area contributed by atoms with Gasteiger partial charge in [-0.25, -0.2) is 0 Å².